The molecule has 13 heavy (non-hydrogen) atoms. The van der Waals surface area contributed by atoms with E-state index in [9.17, 15) is 0 Å². The Kier molecular flexibility index (Phi) is 1.32. The molecule has 0 saturated carbocycles. The smallest absolute Gasteiger partial charge is 0.231 e. The summed E-state index contributed by atoms with van der Waals surface area (Å²) in [6.45, 7) is 2.40. The Labute approximate surface area is 76.2 Å². The minimum Gasteiger partial charge on any atom is -0.454 e. The van der Waals surface area contributed by atoms with Crippen LogP contribution in [0.5, 0.6) is 11.5 Å². The van der Waals surface area contributed by atoms with Crippen molar-refractivity contribution in [3.8, 4) is 11.5 Å². The van der Waals surface area contributed by atoms with E-state index >= 15 is 0 Å². The highest BCUT2D eigenvalue weighted by Crippen LogP contribution is 2.42. The van der Waals surface area contributed by atoms with Crippen molar-refractivity contribution >= 4 is 0 Å². The Morgan fingerprint density at radius 2 is 2.00 bits per heavy atom. The third-order valence-electron chi connectivity index (χ3n) is 2.44. The Morgan fingerprint density at radius 1 is 1.23 bits per heavy atom. The summed E-state index contributed by atoms with van der Waals surface area (Å²) in [7, 11) is 0. The summed E-state index contributed by atoms with van der Waals surface area (Å²) >= 11 is 0. The lowest BCUT2D eigenvalue weighted by Crippen LogP contribution is -1.92. The largest absolute Gasteiger partial charge is 0.454 e. The SMILES string of the molecule is C[C@@H]1O[C@@H]1c1ccc2c(c1)OCO2. The zero-order chi connectivity index (χ0) is 8.84. The van der Waals surface area contributed by atoms with E-state index in [-0.39, 0.29) is 6.10 Å². The molecule has 0 aliphatic carbocycles. The quantitative estimate of drug-likeness (QED) is 0.615. The average Bonchev–Trinajstić information content (AvgIpc) is 2.70. The van der Waals surface area contributed by atoms with Gasteiger partial charge in [-0.05, 0) is 24.6 Å². The van der Waals surface area contributed by atoms with Crippen molar-refractivity contribution in [3.63, 3.8) is 0 Å². The van der Waals surface area contributed by atoms with Crippen LogP contribution in [0.4, 0.5) is 0 Å². The van der Waals surface area contributed by atoms with E-state index in [2.05, 4.69) is 6.92 Å². The highest BCUT2D eigenvalue weighted by atomic mass is 16.7. The maximum absolute atomic E-state index is 5.37. The third kappa shape index (κ3) is 1.08. The molecule has 2 atom stereocenters. The number of ether oxygens (including phenoxy) is 3. The van der Waals surface area contributed by atoms with Gasteiger partial charge in [0.2, 0.25) is 6.79 Å². The van der Waals surface area contributed by atoms with Crippen molar-refractivity contribution in [2.45, 2.75) is 19.1 Å². The number of rotatable bonds is 1. The normalized spacial score (nSPS) is 29.0. The highest BCUT2D eigenvalue weighted by molar-refractivity contribution is 5.45. The van der Waals surface area contributed by atoms with E-state index in [0.29, 0.717) is 12.9 Å². The van der Waals surface area contributed by atoms with E-state index in [1.807, 2.05) is 18.2 Å². The van der Waals surface area contributed by atoms with Crippen molar-refractivity contribution in [1.82, 2.24) is 0 Å². The van der Waals surface area contributed by atoms with Crippen LogP contribution in [0.3, 0.4) is 0 Å². The topological polar surface area (TPSA) is 31.0 Å². The molecule has 0 radical (unpaired) electrons. The van der Waals surface area contributed by atoms with E-state index in [1.54, 1.807) is 0 Å². The van der Waals surface area contributed by atoms with Gasteiger partial charge in [0.25, 0.3) is 0 Å². The lowest BCUT2D eigenvalue weighted by molar-refractivity contribution is 0.174. The molecule has 3 heteroatoms. The van der Waals surface area contributed by atoms with Gasteiger partial charge in [0.1, 0.15) is 6.10 Å². The Bertz CT molecular complexity index is 348. The van der Waals surface area contributed by atoms with Crippen molar-refractivity contribution in [2.24, 2.45) is 0 Å². The second kappa shape index (κ2) is 2.39. The molecule has 0 aromatic heterocycles. The molecule has 3 nitrogen and oxygen atoms in total. The maximum Gasteiger partial charge on any atom is 0.231 e. The number of fused-ring (bicyclic) bond motifs is 1. The first-order valence-electron chi connectivity index (χ1n) is 4.39. The molecule has 0 amide bonds. The molecule has 1 aromatic carbocycles. The van der Waals surface area contributed by atoms with Gasteiger partial charge in [-0.15, -0.1) is 0 Å². The molecule has 2 aliphatic heterocycles. The number of epoxide rings is 1. The van der Waals surface area contributed by atoms with Crippen molar-refractivity contribution in [3.05, 3.63) is 23.8 Å². The molecule has 1 saturated heterocycles. The van der Waals surface area contributed by atoms with Crippen molar-refractivity contribution < 1.29 is 14.2 Å². The zero-order valence-electron chi connectivity index (χ0n) is 7.32. The van der Waals surface area contributed by atoms with Crippen molar-refractivity contribution in [1.29, 1.82) is 0 Å². The predicted molar refractivity (Wildman–Crippen MR) is 45.9 cm³/mol. The van der Waals surface area contributed by atoms with Crippen LogP contribution in [-0.2, 0) is 4.74 Å². The lowest BCUT2D eigenvalue weighted by atomic mass is 10.1. The molecule has 0 bridgehead atoms. The van der Waals surface area contributed by atoms with Gasteiger partial charge in [-0.25, -0.2) is 0 Å². The molecular formula is C10H10O3. The van der Waals surface area contributed by atoms with E-state index < -0.39 is 0 Å². The minimum absolute atomic E-state index is 0.259. The zero-order valence-corrected chi connectivity index (χ0v) is 7.32. The first-order valence-corrected chi connectivity index (χ1v) is 4.39. The fourth-order valence-electron chi connectivity index (χ4n) is 1.63. The van der Waals surface area contributed by atoms with Crippen LogP contribution in [-0.4, -0.2) is 12.9 Å². The van der Waals surface area contributed by atoms with Gasteiger partial charge in [0.05, 0.1) is 6.10 Å². The van der Waals surface area contributed by atoms with E-state index in [4.69, 9.17) is 14.2 Å². The predicted octanol–water partition coefficient (Wildman–Crippen LogP) is 1.88. The molecule has 2 heterocycles. The Balaban J connectivity index is 1.96. The van der Waals surface area contributed by atoms with Crippen LogP contribution in [0.25, 0.3) is 0 Å². The molecule has 1 aromatic rings. The molecule has 2 aliphatic rings. The molecule has 0 unspecified atom stereocenters. The molecule has 68 valence electrons. The molecule has 0 N–H and O–H groups in total. The second-order valence-corrected chi connectivity index (χ2v) is 3.37. The number of hydrogen-bond donors (Lipinski definition) is 0. The minimum atomic E-state index is 0.259. The van der Waals surface area contributed by atoms with E-state index in [0.717, 1.165) is 11.5 Å². The van der Waals surface area contributed by atoms with Gasteiger partial charge < -0.3 is 14.2 Å². The fourth-order valence-corrected chi connectivity index (χ4v) is 1.63. The highest BCUT2D eigenvalue weighted by Gasteiger charge is 2.36. The van der Waals surface area contributed by atoms with Gasteiger partial charge >= 0.3 is 0 Å². The summed E-state index contributed by atoms with van der Waals surface area (Å²) in [4.78, 5) is 0. The second-order valence-electron chi connectivity index (χ2n) is 3.37. The summed E-state index contributed by atoms with van der Waals surface area (Å²) < 4.78 is 15.9. The molecule has 0 spiro atoms. The van der Waals surface area contributed by atoms with Gasteiger partial charge in [-0.2, -0.15) is 0 Å². The van der Waals surface area contributed by atoms with Crippen molar-refractivity contribution in [2.75, 3.05) is 6.79 Å². The molecule has 1 fully saturated rings. The van der Waals surface area contributed by atoms with Crippen LogP contribution in [0.15, 0.2) is 18.2 Å². The molecule has 3 rings (SSSR count). The van der Waals surface area contributed by atoms with Crippen LogP contribution in [0, 0.1) is 0 Å². The summed E-state index contributed by atoms with van der Waals surface area (Å²) in [5, 5.41) is 0. The lowest BCUT2D eigenvalue weighted by Gasteiger charge is -1.98. The standard InChI is InChI=1S/C10H10O3/c1-6-10(13-6)7-2-3-8-9(4-7)12-5-11-8/h2-4,6,10H,5H2,1H3/t6-,10-/m0/s1. The van der Waals surface area contributed by atoms with Crippen LogP contribution in [0.1, 0.15) is 18.6 Å². The Hall–Kier alpha value is -1.22. The average molecular weight is 178 g/mol. The van der Waals surface area contributed by atoms with Gasteiger partial charge in [0.15, 0.2) is 11.5 Å². The summed E-state index contributed by atoms with van der Waals surface area (Å²) in [6.07, 6.45) is 0.606. The third-order valence-corrected chi connectivity index (χ3v) is 2.44. The van der Waals surface area contributed by atoms with Crippen LogP contribution >= 0.6 is 0 Å². The number of hydrogen-bond acceptors (Lipinski definition) is 3. The summed E-state index contributed by atoms with van der Waals surface area (Å²) in [6, 6.07) is 5.96. The first-order chi connectivity index (χ1) is 6.34. The van der Waals surface area contributed by atoms with Crippen LogP contribution in [0.2, 0.25) is 0 Å². The van der Waals surface area contributed by atoms with Crippen LogP contribution < -0.4 is 9.47 Å². The summed E-state index contributed by atoms with van der Waals surface area (Å²) in [5.41, 5.74) is 1.18. The van der Waals surface area contributed by atoms with Gasteiger partial charge in [0, 0.05) is 0 Å². The van der Waals surface area contributed by atoms with E-state index in [1.165, 1.54) is 5.56 Å². The fraction of sp³-hybridized carbons (Fsp3) is 0.400. The Morgan fingerprint density at radius 3 is 2.77 bits per heavy atom. The molecular weight excluding hydrogens is 168 g/mol. The number of benzene rings is 1. The van der Waals surface area contributed by atoms with Gasteiger partial charge in [-0.1, -0.05) is 6.07 Å². The monoisotopic (exact) mass is 178 g/mol. The summed E-state index contributed by atoms with van der Waals surface area (Å²) in [5.74, 6) is 1.66. The maximum atomic E-state index is 5.37. The van der Waals surface area contributed by atoms with Gasteiger partial charge in [-0.3, -0.25) is 0 Å². The first kappa shape index (κ1) is 7.21.